The lowest BCUT2D eigenvalue weighted by Crippen LogP contribution is -1.97. The van der Waals surface area contributed by atoms with Crippen molar-refractivity contribution in [1.29, 1.82) is 0 Å². The largest absolute Gasteiger partial charge is 0.162 e. The van der Waals surface area contributed by atoms with Crippen LogP contribution in [0, 0.1) is 0 Å². The second-order valence-electron chi connectivity index (χ2n) is 6.92. The van der Waals surface area contributed by atoms with Crippen LogP contribution in [0.1, 0.15) is 0 Å². The zero-order valence-electron chi connectivity index (χ0n) is 15.0. The van der Waals surface area contributed by atoms with E-state index in [-0.39, 0.29) is 0 Å². The van der Waals surface area contributed by atoms with Crippen LogP contribution in [0.25, 0.3) is 22.3 Å². The molecule has 1 unspecified atom stereocenters. The third-order valence-corrected chi connectivity index (χ3v) is 9.44. The fourth-order valence-corrected chi connectivity index (χ4v) is 7.70. The summed E-state index contributed by atoms with van der Waals surface area (Å²) in [6.45, 7) is 0. The smallest absolute Gasteiger partial charge is 0.0484 e. The Balaban J connectivity index is 1.80. The van der Waals surface area contributed by atoms with E-state index in [0.717, 1.165) is 10.6 Å². The summed E-state index contributed by atoms with van der Waals surface area (Å²) < 4.78 is 0. The molecule has 0 bridgehead atoms. The molecule has 0 fully saturated rings. The normalized spacial score (nSPS) is 19.8. The van der Waals surface area contributed by atoms with Crippen molar-refractivity contribution in [2.75, 3.05) is 6.26 Å². The van der Waals surface area contributed by atoms with Crippen molar-refractivity contribution in [2.45, 2.75) is 14.7 Å². The molecule has 0 N–H and O–H groups in total. The van der Waals surface area contributed by atoms with E-state index in [1.807, 2.05) is 18.2 Å². The van der Waals surface area contributed by atoms with E-state index in [2.05, 4.69) is 85.1 Å². The molecule has 4 aromatic rings. The Morgan fingerprint density at radius 2 is 1.22 bits per heavy atom. The Morgan fingerprint density at radius 3 is 2.00 bits per heavy atom. The first-order chi connectivity index (χ1) is 13.2. The van der Waals surface area contributed by atoms with Crippen molar-refractivity contribution >= 4 is 21.6 Å². The van der Waals surface area contributed by atoms with Gasteiger partial charge in [0, 0.05) is 20.4 Å². The zero-order chi connectivity index (χ0) is 18.4. The quantitative estimate of drug-likeness (QED) is 0.328. The second-order valence-corrected chi connectivity index (χ2v) is 10.5. The molecule has 0 amide bonds. The summed E-state index contributed by atoms with van der Waals surface area (Å²) in [5, 5.41) is 0.796. The number of fused-ring (bicyclic) bond motifs is 3. The maximum Gasteiger partial charge on any atom is 0.0484 e. The molecular formula is C25H19ClS. The van der Waals surface area contributed by atoms with Gasteiger partial charge in [0.05, 0.1) is 0 Å². The van der Waals surface area contributed by atoms with Crippen LogP contribution in [0.3, 0.4) is 0 Å². The standard InChI is InChI=1S/C25H19ClS/c1-27(19-9-3-2-4-10-19)24-14-8-6-12-21(24)22-16-15-18(17-25(22)27)20-11-5-7-13-23(20)26/h2-17H,1H3. The van der Waals surface area contributed by atoms with E-state index < -0.39 is 10.0 Å². The van der Waals surface area contributed by atoms with Crippen LogP contribution >= 0.6 is 21.6 Å². The molecule has 5 rings (SSSR count). The minimum Gasteiger partial charge on any atom is -0.162 e. The van der Waals surface area contributed by atoms with Gasteiger partial charge in [-0.2, -0.15) is 10.0 Å². The van der Waals surface area contributed by atoms with E-state index in [9.17, 15) is 0 Å². The summed E-state index contributed by atoms with van der Waals surface area (Å²) in [7, 11) is -1.29. The van der Waals surface area contributed by atoms with E-state index in [4.69, 9.17) is 11.6 Å². The van der Waals surface area contributed by atoms with E-state index in [0.29, 0.717) is 0 Å². The number of benzene rings is 4. The summed E-state index contributed by atoms with van der Waals surface area (Å²) in [6, 6.07) is 34.7. The molecule has 0 nitrogen and oxygen atoms in total. The molecule has 4 aromatic carbocycles. The summed E-state index contributed by atoms with van der Waals surface area (Å²) >= 11 is 6.49. The average Bonchev–Trinajstić information content (AvgIpc) is 2.99. The first-order valence-corrected chi connectivity index (χ1v) is 11.4. The average molecular weight is 387 g/mol. The third kappa shape index (κ3) is 2.46. The molecule has 0 saturated carbocycles. The number of halogens is 1. The topological polar surface area (TPSA) is 0 Å². The van der Waals surface area contributed by atoms with Crippen molar-refractivity contribution in [2.24, 2.45) is 0 Å². The highest BCUT2D eigenvalue weighted by Crippen LogP contribution is 2.73. The first kappa shape index (κ1) is 16.7. The molecule has 0 spiro atoms. The molecule has 27 heavy (non-hydrogen) atoms. The lowest BCUT2D eigenvalue weighted by Gasteiger charge is -2.34. The summed E-state index contributed by atoms with van der Waals surface area (Å²) in [5.41, 5.74) is 4.98. The molecule has 132 valence electrons. The van der Waals surface area contributed by atoms with Crippen LogP contribution in [-0.2, 0) is 0 Å². The molecule has 1 heterocycles. The van der Waals surface area contributed by atoms with Gasteiger partial charge in [0.2, 0.25) is 0 Å². The lowest BCUT2D eigenvalue weighted by molar-refractivity contribution is 1.36. The van der Waals surface area contributed by atoms with Crippen LogP contribution in [-0.4, -0.2) is 6.26 Å². The Bertz CT molecular complexity index is 1150. The number of rotatable bonds is 2. The van der Waals surface area contributed by atoms with Crippen molar-refractivity contribution in [3.63, 3.8) is 0 Å². The fraction of sp³-hybridized carbons (Fsp3) is 0.0400. The summed E-state index contributed by atoms with van der Waals surface area (Å²) in [5.74, 6) is 0. The van der Waals surface area contributed by atoms with Gasteiger partial charge in [-0.25, -0.2) is 0 Å². The van der Waals surface area contributed by atoms with Crippen molar-refractivity contribution in [3.8, 4) is 22.3 Å². The maximum atomic E-state index is 6.49. The van der Waals surface area contributed by atoms with E-state index in [1.165, 1.54) is 31.4 Å². The summed E-state index contributed by atoms with van der Waals surface area (Å²) in [4.78, 5) is 4.27. The molecule has 1 aliphatic rings. The van der Waals surface area contributed by atoms with Crippen LogP contribution in [0.4, 0.5) is 0 Å². The van der Waals surface area contributed by atoms with Gasteiger partial charge >= 0.3 is 0 Å². The molecule has 0 radical (unpaired) electrons. The van der Waals surface area contributed by atoms with Gasteiger partial charge in [-0.15, -0.1) is 0 Å². The zero-order valence-corrected chi connectivity index (χ0v) is 16.6. The molecule has 0 saturated heterocycles. The van der Waals surface area contributed by atoms with Crippen LogP contribution < -0.4 is 0 Å². The Hall–Kier alpha value is -2.48. The number of hydrogen-bond donors (Lipinski definition) is 0. The minimum atomic E-state index is -1.29. The predicted molar refractivity (Wildman–Crippen MR) is 117 cm³/mol. The van der Waals surface area contributed by atoms with Gasteiger partial charge < -0.3 is 0 Å². The first-order valence-electron chi connectivity index (χ1n) is 9.01. The summed E-state index contributed by atoms with van der Waals surface area (Å²) in [6.07, 6.45) is 2.42. The van der Waals surface area contributed by atoms with Gasteiger partial charge in [-0.05, 0) is 58.2 Å². The monoisotopic (exact) mass is 386 g/mol. The minimum absolute atomic E-state index is 0.796. The van der Waals surface area contributed by atoms with Gasteiger partial charge in [-0.1, -0.05) is 78.3 Å². The second kappa shape index (κ2) is 6.30. The van der Waals surface area contributed by atoms with Gasteiger partial charge in [-0.3, -0.25) is 0 Å². The molecule has 1 atom stereocenters. The predicted octanol–water partition coefficient (Wildman–Crippen LogP) is 7.90. The third-order valence-electron chi connectivity index (χ3n) is 5.44. The fourth-order valence-electron chi connectivity index (χ4n) is 4.06. The van der Waals surface area contributed by atoms with Crippen LogP contribution in [0.5, 0.6) is 0 Å². The molecule has 0 aliphatic carbocycles. The SMILES string of the molecule is CS1(c2ccccc2)c2ccccc2-c2ccc(-c3ccccc3Cl)cc21. The van der Waals surface area contributed by atoms with Gasteiger partial charge in [0.1, 0.15) is 0 Å². The maximum absolute atomic E-state index is 6.49. The van der Waals surface area contributed by atoms with E-state index >= 15 is 0 Å². The van der Waals surface area contributed by atoms with Crippen LogP contribution in [0.15, 0.2) is 112 Å². The van der Waals surface area contributed by atoms with Gasteiger partial charge in [0.25, 0.3) is 0 Å². The van der Waals surface area contributed by atoms with Crippen molar-refractivity contribution < 1.29 is 0 Å². The Labute approximate surface area is 166 Å². The van der Waals surface area contributed by atoms with E-state index in [1.54, 1.807) is 0 Å². The molecular weight excluding hydrogens is 368 g/mol. The highest BCUT2D eigenvalue weighted by molar-refractivity contribution is 8.33. The molecule has 2 heteroatoms. The highest BCUT2D eigenvalue weighted by Gasteiger charge is 2.36. The van der Waals surface area contributed by atoms with Gasteiger partial charge in [0.15, 0.2) is 0 Å². The highest BCUT2D eigenvalue weighted by atomic mass is 35.5. The molecule has 1 aliphatic heterocycles. The Morgan fingerprint density at radius 1 is 0.593 bits per heavy atom. The Kier molecular flexibility index (Phi) is 3.89. The number of hydrogen-bond acceptors (Lipinski definition) is 0. The lowest BCUT2D eigenvalue weighted by atomic mass is 10.0. The molecule has 0 aromatic heterocycles. The van der Waals surface area contributed by atoms with Crippen molar-refractivity contribution in [1.82, 2.24) is 0 Å². The van der Waals surface area contributed by atoms with Crippen molar-refractivity contribution in [3.05, 3.63) is 102 Å². The van der Waals surface area contributed by atoms with Crippen LogP contribution in [0.2, 0.25) is 5.02 Å².